The summed E-state index contributed by atoms with van der Waals surface area (Å²) in [6.45, 7) is 1.89. The summed E-state index contributed by atoms with van der Waals surface area (Å²) in [5, 5.41) is 12.4. The molecule has 0 radical (unpaired) electrons. The van der Waals surface area contributed by atoms with Crippen LogP contribution in [-0.2, 0) is 6.54 Å². The Hall–Kier alpha value is -4.18. The van der Waals surface area contributed by atoms with Gasteiger partial charge >= 0.3 is 12.1 Å². The molecule has 9 nitrogen and oxygen atoms in total. The predicted molar refractivity (Wildman–Crippen MR) is 139 cm³/mol. The smallest absolute Gasteiger partial charge is 0.412 e. The number of ether oxygens (including phenoxy) is 1. The molecule has 0 unspecified atom stereocenters. The highest BCUT2D eigenvalue weighted by atomic mass is 19.1. The van der Waals surface area contributed by atoms with Gasteiger partial charge in [-0.3, -0.25) is 10.2 Å². The second-order valence-corrected chi connectivity index (χ2v) is 9.02. The molecule has 2 heterocycles. The van der Waals surface area contributed by atoms with Gasteiger partial charge in [0, 0.05) is 31.4 Å². The van der Waals surface area contributed by atoms with Crippen molar-refractivity contribution >= 4 is 23.6 Å². The van der Waals surface area contributed by atoms with Crippen LogP contribution in [-0.4, -0.2) is 65.2 Å². The van der Waals surface area contributed by atoms with Gasteiger partial charge in [-0.05, 0) is 56.7 Å². The second-order valence-electron chi connectivity index (χ2n) is 9.02. The Morgan fingerprint density at radius 3 is 2.49 bits per heavy atom. The lowest BCUT2D eigenvalue weighted by atomic mass is 10.0. The number of urea groups is 1. The number of carbonyl (C=O) groups excluding carboxylic acids is 1. The number of nitrogens with one attached hydrogen (secondary N) is 1. The van der Waals surface area contributed by atoms with Crippen molar-refractivity contribution in [1.82, 2.24) is 14.8 Å². The Labute approximate surface area is 215 Å². The van der Waals surface area contributed by atoms with Crippen LogP contribution in [0.5, 0.6) is 11.5 Å². The van der Waals surface area contributed by atoms with Crippen LogP contribution in [0.4, 0.5) is 25.5 Å². The number of likely N-dealkylation sites (tertiary alicyclic amines) is 1. The van der Waals surface area contributed by atoms with Crippen molar-refractivity contribution in [3.05, 3.63) is 78.2 Å². The number of anilines is 2. The number of rotatable bonds is 7. The average Bonchev–Trinajstić information content (AvgIpc) is 2.88. The van der Waals surface area contributed by atoms with Crippen LogP contribution in [0.15, 0.2) is 66.9 Å². The van der Waals surface area contributed by atoms with Crippen LogP contribution in [0, 0.1) is 5.82 Å². The standard InChI is InChI=1S/C27H30FN5O4/c1-31-14-11-20(12-15-31)32(2)26(34)30-25-17-22(10-13-29-25)37-21-8-9-24(23(28)16-21)33(27(35)36)18-19-6-4-3-5-7-19/h3-10,13,16-17,20H,11-12,14-15,18H2,1-2H3,(H,35,36)(H,29,30,34). The minimum atomic E-state index is -1.27. The summed E-state index contributed by atoms with van der Waals surface area (Å²) in [6, 6.07) is 16.0. The molecule has 1 fully saturated rings. The molecule has 1 aromatic heterocycles. The summed E-state index contributed by atoms with van der Waals surface area (Å²) in [7, 11) is 3.84. The zero-order chi connectivity index (χ0) is 26.4. The van der Waals surface area contributed by atoms with Gasteiger partial charge in [0.2, 0.25) is 0 Å². The molecular weight excluding hydrogens is 477 g/mol. The van der Waals surface area contributed by atoms with Gasteiger partial charge in [-0.15, -0.1) is 0 Å². The fourth-order valence-electron chi connectivity index (χ4n) is 4.22. The molecule has 0 bridgehead atoms. The summed E-state index contributed by atoms with van der Waals surface area (Å²) in [4.78, 5) is 33.6. The summed E-state index contributed by atoms with van der Waals surface area (Å²) >= 11 is 0. The van der Waals surface area contributed by atoms with Crippen LogP contribution in [0.3, 0.4) is 0 Å². The van der Waals surface area contributed by atoms with E-state index < -0.39 is 11.9 Å². The number of benzene rings is 2. The van der Waals surface area contributed by atoms with Gasteiger partial charge in [0.25, 0.3) is 0 Å². The number of hydrogen-bond donors (Lipinski definition) is 2. The molecule has 2 aromatic carbocycles. The number of carboxylic acid groups (broad SMARTS) is 1. The Morgan fingerprint density at radius 1 is 1.11 bits per heavy atom. The summed E-state index contributed by atoms with van der Waals surface area (Å²) in [5.74, 6) is 0.0921. The number of piperidine rings is 1. The Balaban J connectivity index is 1.42. The van der Waals surface area contributed by atoms with Crippen LogP contribution < -0.4 is 15.0 Å². The summed E-state index contributed by atoms with van der Waals surface area (Å²) < 4.78 is 20.7. The van der Waals surface area contributed by atoms with E-state index in [2.05, 4.69) is 22.2 Å². The molecule has 10 heteroatoms. The van der Waals surface area contributed by atoms with Gasteiger partial charge in [0.15, 0.2) is 5.82 Å². The van der Waals surface area contributed by atoms with Crippen molar-refractivity contribution in [2.75, 3.05) is 37.4 Å². The molecule has 194 valence electrons. The number of pyridine rings is 1. The first-order valence-electron chi connectivity index (χ1n) is 12.0. The van der Waals surface area contributed by atoms with E-state index in [0.717, 1.165) is 42.5 Å². The maximum atomic E-state index is 14.9. The van der Waals surface area contributed by atoms with E-state index in [0.29, 0.717) is 11.6 Å². The van der Waals surface area contributed by atoms with Crippen molar-refractivity contribution in [1.29, 1.82) is 0 Å². The van der Waals surface area contributed by atoms with Crippen LogP contribution in [0.2, 0.25) is 0 Å². The topological polar surface area (TPSA) is 98.2 Å². The molecule has 0 spiro atoms. The minimum Gasteiger partial charge on any atom is -0.465 e. The van der Waals surface area contributed by atoms with E-state index in [4.69, 9.17) is 4.74 Å². The Kier molecular flexibility index (Phi) is 8.19. The van der Waals surface area contributed by atoms with Gasteiger partial charge < -0.3 is 19.6 Å². The molecule has 3 amide bonds. The third-order valence-corrected chi connectivity index (χ3v) is 6.38. The van der Waals surface area contributed by atoms with Gasteiger partial charge in [-0.25, -0.2) is 19.0 Å². The fraction of sp³-hybridized carbons (Fsp3) is 0.296. The molecule has 1 aliphatic rings. The van der Waals surface area contributed by atoms with Gasteiger partial charge in [0.05, 0.1) is 12.2 Å². The third-order valence-electron chi connectivity index (χ3n) is 6.38. The van der Waals surface area contributed by atoms with E-state index in [1.54, 1.807) is 48.3 Å². The monoisotopic (exact) mass is 507 g/mol. The number of halogens is 1. The Bertz CT molecular complexity index is 1230. The number of nitrogens with zero attached hydrogens (tertiary/aromatic N) is 4. The van der Waals surface area contributed by atoms with Crippen molar-refractivity contribution in [3.8, 4) is 11.5 Å². The first-order chi connectivity index (χ1) is 17.8. The lowest BCUT2D eigenvalue weighted by Crippen LogP contribution is -2.46. The zero-order valence-corrected chi connectivity index (χ0v) is 20.8. The molecular formula is C27H30FN5O4. The zero-order valence-electron chi connectivity index (χ0n) is 20.8. The highest BCUT2D eigenvalue weighted by molar-refractivity contribution is 5.88. The number of carbonyl (C=O) groups is 2. The van der Waals surface area contributed by atoms with Crippen LogP contribution in [0.1, 0.15) is 18.4 Å². The molecule has 1 saturated heterocycles. The fourth-order valence-corrected chi connectivity index (χ4v) is 4.22. The minimum absolute atomic E-state index is 0.00666. The average molecular weight is 508 g/mol. The van der Waals surface area contributed by atoms with Gasteiger partial charge in [-0.2, -0.15) is 0 Å². The maximum Gasteiger partial charge on any atom is 0.412 e. The van der Waals surface area contributed by atoms with E-state index in [1.807, 2.05) is 6.07 Å². The first kappa shape index (κ1) is 25.9. The van der Waals surface area contributed by atoms with Crippen molar-refractivity contribution in [3.63, 3.8) is 0 Å². The van der Waals surface area contributed by atoms with E-state index in [1.165, 1.54) is 18.3 Å². The van der Waals surface area contributed by atoms with Gasteiger partial charge in [0.1, 0.15) is 17.3 Å². The Morgan fingerprint density at radius 2 is 1.81 bits per heavy atom. The molecule has 37 heavy (non-hydrogen) atoms. The predicted octanol–water partition coefficient (Wildman–Crippen LogP) is 5.26. The highest BCUT2D eigenvalue weighted by Gasteiger charge is 2.24. The van der Waals surface area contributed by atoms with Crippen LogP contribution in [0.25, 0.3) is 0 Å². The third kappa shape index (κ3) is 6.73. The van der Waals surface area contributed by atoms with Gasteiger partial charge in [-0.1, -0.05) is 30.3 Å². The lowest BCUT2D eigenvalue weighted by Gasteiger charge is -2.34. The molecule has 2 N–H and O–H groups in total. The van der Waals surface area contributed by atoms with E-state index >= 15 is 0 Å². The second kappa shape index (κ2) is 11.7. The van der Waals surface area contributed by atoms with Crippen molar-refractivity contribution in [2.24, 2.45) is 0 Å². The molecule has 1 aliphatic heterocycles. The van der Waals surface area contributed by atoms with Crippen LogP contribution >= 0.6 is 0 Å². The van der Waals surface area contributed by atoms with Crippen molar-refractivity contribution in [2.45, 2.75) is 25.4 Å². The molecule has 0 aliphatic carbocycles. The SMILES string of the molecule is CN1CCC(N(C)C(=O)Nc2cc(Oc3ccc(N(Cc4ccccc4)C(=O)O)c(F)c3)ccn2)CC1. The number of hydrogen-bond acceptors (Lipinski definition) is 5. The maximum absolute atomic E-state index is 14.9. The molecule has 4 rings (SSSR count). The molecule has 0 saturated carbocycles. The molecule has 0 atom stereocenters. The first-order valence-corrected chi connectivity index (χ1v) is 12.0. The quantitative estimate of drug-likeness (QED) is 0.453. The normalized spacial score (nSPS) is 14.1. The number of aromatic nitrogens is 1. The number of amides is 3. The molecule has 3 aromatic rings. The highest BCUT2D eigenvalue weighted by Crippen LogP contribution is 2.29. The van der Waals surface area contributed by atoms with Crippen molar-refractivity contribution < 1.29 is 23.8 Å². The largest absolute Gasteiger partial charge is 0.465 e. The van der Waals surface area contributed by atoms with E-state index in [9.17, 15) is 19.1 Å². The summed E-state index contributed by atoms with van der Waals surface area (Å²) in [5.41, 5.74) is 0.654. The van der Waals surface area contributed by atoms with E-state index in [-0.39, 0.29) is 30.1 Å². The summed E-state index contributed by atoms with van der Waals surface area (Å²) in [6.07, 6.45) is 2.03. The lowest BCUT2D eigenvalue weighted by molar-refractivity contribution is 0.156.